The number of hydrogen-bond acceptors (Lipinski definition) is 1. The molecule has 0 aliphatic heterocycles. The van der Waals surface area contributed by atoms with Crippen LogP contribution in [-0.4, -0.2) is 7.05 Å². The van der Waals surface area contributed by atoms with Gasteiger partial charge in [-0.1, -0.05) is 18.2 Å². The van der Waals surface area contributed by atoms with Gasteiger partial charge in [-0.25, -0.2) is 0 Å². The minimum atomic E-state index is 0.346. The Morgan fingerprint density at radius 2 is 1.87 bits per heavy atom. The van der Waals surface area contributed by atoms with Gasteiger partial charge < -0.3 is 5.32 Å². The monoisotopic (exact) mass is 201 g/mol. The summed E-state index contributed by atoms with van der Waals surface area (Å²) >= 11 is 0. The zero-order valence-corrected chi connectivity index (χ0v) is 10.0. The minimum absolute atomic E-state index is 0.346. The van der Waals surface area contributed by atoms with E-state index in [0.717, 1.165) is 6.42 Å². The van der Waals surface area contributed by atoms with E-state index in [1.165, 1.54) is 16.7 Å². The zero-order valence-electron chi connectivity index (χ0n) is 10.0. The lowest BCUT2D eigenvalue weighted by molar-refractivity contribution is 0.604. The van der Waals surface area contributed by atoms with Gasteiger partial charge in [0.2, 0.25) is 0 Å². The van der Waals surface area contributed by atoms with E-state index < -0.39 is 0 Å². The number of benzene rings is 1. The number of rotatable bonds is 3. The molecule has 15 heavy (non-hydrogen) atoms. The molecule has 0 aliphatic rings. The van der Waals surface area contributed by atoms with E-state index in [9.17, 15) is 0 Å². The first kappa shape index (κ1) is 11.8. The summed E-state index contributed by atoms with van der Waals surface area (Å²) in [6.07, 6.45) is 0.874. The van der Waals surface area contributed by atoms with Crippen molar-refractivity contribution in [3.63, 3.8) is 0 Å². The van der Waals surface area contributed by atoms with E-state index in [2.05, 4.69) is 49.2 Å². The van der Waals surface area contributed by atoms with Crippen molar-refractivity contribution >= 4 is 0 Å². The summed E-state index contributed by atoms with van der Waals surface area (Å²) in [4.78, 5) is 0. The Morgan fingerprint density at radius 1 is 1.27 bits per heavy atom. The Kier molecular flexibility index (Phi) is 4.39. The Morgan fingerprint density at radius 3 is 2.33 bits per heavy atom. The lowest BCUT2D eigenvalue weighted by atomic mass is 9.94. The fourth-order valence-corrected chi connectivity index (χ4v) is 1.93. The molecule has 0 aliphatic carbocycles. The standard InChI is InChI=1S/C14H19N/c1-5-6-10-13(15-4)14-11(2)8-7-9-12(14)3/h7-9,13,15H,10H2,1-4H3. The van der Waals surface area contributed by atoms with Crippen LogP contribution >= 0.6 is 0 Å². The highest BCUT2D eigenvalue weighted by Gasteiger charge is 2.12. The number of aryl methyl sites for hydroxylation is 2. The Bertz CT molecular complexity index is 362. The van der Waals surface area contributed by atoms with Crippen LogP contribution in [-0.2, 0) is 0 Å². The highest BCUT2D eigenvalue weighted by Crippen LogP contribution is 2.23. The normalized spacial score (nSPS) is 11.7. The summed E-state index contributed by atoms with van der Waals surface area (Å²) in [7, 11) is 1.99. The average Bonchev–Trinajstić information content (AvgIpc) is 2.22. The molecule has 0 aromatic heterocycles. The largest absolute Gasteiger partial charge is 0.312 e. The molecule has 0 fully saturated rings. The summed E-state index contributed by atoms with van der Waals surface area (Å²) < 4.78 is 0. The molecule has 0 saturated carbocycles. The van der Waals surface area contributed by atoms with Gasteiger partial charge in [-0.3, -0.25) is 0 Å². The van der Waals surface area contributed by atoms with E-state index in [1.807, 2.05) is 14.0 Å². The zero-order chi connectivity index (χ0) is 11.3. The predicted octanol–water partition coefficient (Wildman–Crippen LogP) is 2.98. The van der Waals surface area contributed by atoms with E-state index in [-0.39, 0.29) is 0 Å². The molecule has 0 saturated heterocycles. The molecule has 0 radical (unpaired) electrons. The van der Waals surface area contributed by atoms with E-state index >= 15 is 0 Å². The molecular formula is C14H19N. The molecule has 0 bridgehead atoms. The van der Waals surface area contributed by atoms with Crippen LogP contribution in [0.5, 0.6) is 0 Å². The molecule has 1 N–H and O–H groups in total. The van der Waals surface area contributed by atoms with Crippen molar-refractivity contribution in [1.82, 2.24) is 5.32 Å². The third-order valence-corrected chi connectivity index (χ3v) is 2.72. The second-order valence-electron chi connectivity index (χ2n) is 3.78. The molecule has 1 aromatic rings. The third-order valence-electron chi connectivity index (χ3n) is 2.72. The van der Waals surface area contributed by atoms with Crippen molar-refractivity contribution < 1.29 is 0 Å². The Hall–Kier alpha value is -1.26. The Balaban J connectivity index is 3.03. The molecule has 0 amide bonds. The SMILES string of the molecule is CC#CCC(NC)c1c(C)cccc1C. The van der Waals surface area contributed by atoms with Crippen LogP contribution in [0.1, 0.15) is 36.1 Å². The summed E-state index contributed by atoms with van der Waals surface area (Å²) in [5.41, 5.74) is 4.07. The quantitative estimate of drug-likeness (QED) is 0.741. The van der Waals surface area contributed by atoms with Gasteiger partial charge in [-0.15, -0.1) is 11.8 Å². The molecule has 1 aromatic carbocycles. The van der Waals surface area contributed by atoms with Crippen LogP contribution in [0.2, 0.25) is 0 Å². The highest BCUT2D eigenvalue weighted by molar-refractivity contribution is 5.36. The van der Waals surface area contributed by atoms with Gasteiger partial charge in [0.1, 0.15) is 0 Å². The average molecular weight is 201 g/mol. The second kappa shape index (κ2) is 5.58. The summed E-state index contributed by atoms with van der Waals surface area (Å²) in [5, 5.41) is 3.33. The van der Waals surface area contributed by atoms with Gasteiger partial charge >= 0.3 is 0 Å². The second-order valence-corrected chi connectivity index (χ2v) is 3.78. The molecule has 80 valence electrons. The van der Waals surface area contributed by atoms with Gasteiger partial charge in [-0.05, 0) is 44.5 Å². The fourth-order valence-electron chi connectivity index (χ4n) is 1.93. The molecule has 1 rings (SSSR count). The number of nitrogens with one attached hydrogen (secondary N) is 1. The fraction of sp³-hybridized carbons (Fsp3) is 0.429. The molecule has 1 atom stereocenters. The first-order chi connectivity index (χ1) is 7.20. The third kappa shape index (κ3) is 2.84. The van der Waals surface area contributed by atoms with Gasteiger partial charge in [0.25, 0.3) is 0 Å². The lowest BCUT2D eigenvalue weighted by Gasteiger charge is -2.18. The van der Waals surface area contributed by atoms with Crippen LogP contribution in [0.3, 0.4) is 0 Å². The van der Waals surface area contributed by atoms with E-state index in [1.54, 1.807) is 0 Å². The summed E-state index contributed by atoms with van der Waals surface area (Å²) in [5.74, 6) is 6.09. The smallest absolute Gasteiger partial charge is 0.0433 e. The summed E-state index contributed by atoms with van der Waals surface area (Å²) in [6.45, 7) is 6.20. The Labute approximate surface area is 92.9 Å². The van der Waals surface area contributed by atoms with Crippen LogP contribution in [0.15, 0.2) is 18.2 Å². The number of hydrogen-bond donors (Lipinski definition) is 1. The maximum atomic E-state index is 3.33. The molecule has 0 spiro atoms. The topological polar surface area (TPSA) is 12.0 Å². The molecular weight excluding hydrogens is 182 g/mol. The van der Waals surface area contributed by atoms with E-state index in [4.69, 9.17) is 0 Å². The van der Waals surface area contributed by atoms with Crippen LogP contribution in [0, 0.1) is 25.7 Å². The highest BCUT2D eigenvalue weighted by atomic mass is 14.9. The molecule has 0 heterocycles. The predicted molar refractivity (Wildman–Crippen MR) is 65.8 cm³/mol. The van der Waals surface area contributed by atoms with Gasteiger partial charge in [0, 0.05) is 12.5 Å². The first-order valence-electron chi connectivity index (χ1n) is 5.33. The molecule has 1 unspecified atom stereocenters. The van der Waals surface area contributed by atoms with E-state index in [0.29, 0.717) is 6.04 Å². The van der Waals surface area contributed by atoms with Crippen LogP contribution in [0.4, 0.5) is 0 Å². The maximum Gasteiger partial charge on any atom is 0.0433 e. The van der Waals surface area contributed by atoms with Crippen molar-refractivity contribution in [1.29, 1.82) is 0 Å². The van der Waals surface area contributed by atoms with Crippen LogP contribution in [0.25, 0.3) is 0 Å². The van der Waals surface area contributed by atoms with Gasteiger partial charge in [0.05, 0.1) is 0 Å². The van der Waals surface area contributed by atoms with Crippen molar-refractivity contribution in [2.75, 3.05) is 7.05 Å². The summed E-state index contributed by atoms with van der Waals surface area (Å²) in [6, 6.07) is 6.77. The lowest BCUT2D eigenvalue weighted by Crippen LogP contribution is -2.18. The van der Waals surface area contributed by atoms with Gasteiger partial charge in [0.15, 0.2) is 0 Å². The maximum absolute atomic E-state index is 3.33. The minimum Gasteiger partial charge on any atom is -0.312 e. The van der Waals surface area contributed by atoms with Crippen molar-refractivity contribution in [2.24, 2.45) is 0 Å². The molecule has 1 heteroatoms. The van der Waals surface area contributed by atoms with Crippen molar-refractivity contribution in [2.45, 2.75) is 33.2 Å². The van der Waals surface area contributed by atoms with Gasteiger partial charge in [-0.2, -0.15) is 0 Å². The first-order valence-corrected chi connectivity index (χ1v) is 5.33. The van der Waals surface area contributed by atoms with Crippen LogP contribution < -0.4 is 5.32 Å². The molecule has 1 nitrogen and oxygen atoms in total. The van der Waals surface area contributed by atoms with Crippen molar-refractivity contribution in [3.8, 4) is 11.8 Å². The van der Waals surface area contributed by atoms with Crippen molar-refractivity contribution in [3.05, 3.63) is 34.9 Å².